The maximum atomic E-state index is 12.7. The maximum Gasteiger partial charge on any atom is 0.274 e. The number of carbonyl (C=O) groups is 2. The van der Waals surface area contributed by atoms with Crippen LogP contribution in [0.2, 0.25) is 0 Å². The molecule has 0 aliphatic carbocycles. The van der Waals surface area contributed by atoms with E-state index >= 15 is 0 Å². The Morgan fingerprint density at radius 1 is 1.19 bits per heavy atom. The summed E-state index contributed by atoms with van der Waals surface area (Å²) in [6.45, 7) is 8.19. The van der Waals surface area contributed by atoms with E-state index in [1.165, 1.54) is 0 Å². The van der Waals surface area contributed by atoms with Crippen molar-refractivity contribution in [3.63, 3.8) is 0 Å². The standard InChI is InChI=1S/C22H27N3O2/c1-5-6-13-25(22(27)20-11-8-12-23-20)15-17(4)18-9-7-10-19(14-18)21(26)24-16(2)3/h5-12,14-16,23H,13H2,1-4H3,(H,24,26)/b6-5+,17-15+. The molecule has 1 aromatic heterocycles. The number of hydrogen-bond acceptors (Lipinski definition) is 2. The van der Waals surface area contributed by atoms with E-state index in [1.807, 2.05) is 64.2 Å². The lowest BCUT2D eigenvalue weighted by Gasteiger charge is -2.18. The van der Waals surface area contributed by atoms with Gasteiger partial charge in [0.05, 0.1) is 0 Å². The van der Waals surface area contributed by atoms with Crippen LogP contribution in [0.1, 0.15) is 54.1 Å². The fraction of sp³-hybridized carbons (Fsp3) is 0.273. The second kappa shape index (κ2) is 9.57. The minimum absolute atomic E-state index is 0.0764. The summed E-state index contributed by atoms with van der Waals surface area (Å²) in [5.74, 6) is -0.209. The Hall–Kier alpha value is -3.08. The summed E-state index contributed by atoms with van der Waals surface area (Å²) in [5, 5.41) is 2.89. The number of rotatable bonds is 7. The van der Waals surface area contributed by atoms with Gasteiger partial charge in [-0.25, -0.2) is 0 Å². The highest BCUT2D eigenvalue weighted by Crippen LogP contribution is 2.17. The third kappa shape index (κ3) is 5.71. The van der Waals surface area contributed by atoms with Gasteiger partial charge in [-0.3, -0.25) is 9.59 Å². The first-order valence-electron chi connectivity index (χ1n) is 9.07. The number of amides is 2. The van der Waals surface area contributed by atoms with E-state index in [-0.39, 0.29) is 17.9 Å². The third-order valence-corrected chi connectivity index (χ3v) is 3.98. The van der Waals surface area contributed by atoms with Crippen molar-refractivity contribution in [2.75, 3.05) is 6.54 Å². The normalized spacial score (nSPS) is 11.8. The van der Waals surface area contributed by atoms with Gasteiger partial charge in [-0.05, 0) is 63.1 Å². The quantitative estimate of drug-likeness (QED) is 0.721. The van der Waals surface area contributed by atoms with E-state index in [1.54, 1.807) is 29.3 Å². The fourth-order valence-electron chi connectivity index (χ4n) is 2.59. The monoisotopic (exact) mass is 365 g/mol. The number of aromatic amines is 1. The van der Waals surface area contributed by atoms with Crippen molar-refractivity contribution in [3.05, 3.63) is 77.8 Å². The molecule has 0 aliphatic rings. The first-order valence-corrected chi connectivity index (χ1v) is 9.07. The summed E-state index contributed by atoms with van der Waals surface area (Å²) in [6.07, 6.45) is 7.39. The van der Waals surface area contributed by atoms with Gasteiger partial charge in [-0.1, -0.05) is 24.3 Å². The lowest BCUT2D eigenvalue weighted by molar-refractivity contribution is 0.0830. The lowest BCUT2D eigenvalue weighted by atomic mass is 10.0. The van der Waals surface area contributed by atoms with Gasteiger partial charge in [0.2, 0.25) is 0 Å². The number of carbonyl (C=O) groups excluding carboxylic acids is 2. The Balaban J connectivity index is 2.28. The molecule has 0 radical (unpaired) electrons. The van der Waals surface area contributed by atoms with Crippen molar-refractivity contribution in [2.24, 2.45) is 0 Å². The zero-order valence-electron chi connectivity index (χ0n) is 16.3. The van der Waals surface area contributed by atoms with Gasteiger partial charge in [-0.2, -0.15) is 0 Å². The molecule has 142 valence electrons. The van der Waals surface area contributed by atoms with Gasteiger partial charge in [0.25, 0.3) is 11.8 Å². The molecule has 0 unspecified atom stereocenters. The van der Waals surface area contributed by atoms with Crippen LogP contribution in [0.5, 0.6) is 0 Å². The molecule has 0 bridgehead atoms. The summed E-state index contributed by atoms with van der Waals surface area (Å²) in [6, 6.07) is 11.1. The predicted molar refractivity (Wildman–Crippen MR) is 109 cm³/mol. The molecule has 0 saturated heterocycles. The summed E-state index contributed by atoms with van der Waals surface area (Å²) in [7, 11) is 0. The van der Waals surface area contributed by atoms with Gasteiger partial charge >= 0.3 is 0 Å². The van der Waals surface area contributed by atoms with Crippen LogP contribution in [0.25, 0.3) is 5.57 Å². The third-order valence-electron chi connectivity index (χ3n) is 3.98. The Labute approximate surface area is 160 Å². The summed E-state index contributed by atoms with van der Waals surface area (Å²) in [4.78, 5) is 29.6. The van der Waals surface area contributed by atoms with Crippen LogP contribution in [-0.2, 0) is 0 Å². The van der Waals surface area contributed by atoms with Crippen LogP contribution in [0, 0.1) is 0 Å². The first-order chi connectivity index (χ1) is 12.9. The Bertz CT molecular complexity index is 833. The van der Waals surface area contributed by atoms with Crippen molar-refractivity contribution in [2.45, 2.75) is 33.7 Å². The average Bonchev–Trinajstić information content (AvgIpc) is 3.18. The zero-order valence-corrected chi connectivity index (χ0v) is 16.3. The van der Waals surface area contributed by atoms with E-state index in [2.05, 4.69) is 10.3 Å². The van der Waals surface area contributed by atoms with Gasteiger partial charge < -0.3 is 15.2 Å². The molecule has 0 saturated carbocycles. The van der Waals surface area contributed by atoms with Gasteiger partial charge in [0, 0.05) is 30.5 Å². The molecule has 0 fully saturated rings. The molecule has 2 rings (SSSR count). The highest BCUT2D eigenvalue weighted by molar-refractivity contribution is 5.96. The zero-order chi connectivity index (χ0) is 19.8. The van der Waals surface area contributed by atoms with Crippen LogP contribution in [0.3, 0.4) is 0 Å². The SMILES string of the molecule is C/C=C/CN(/C=C(\C)c1cccc(C(=O)NC(C)C)c1)C(=O)c1ccc[nH]1. The molecule has 1 heterocycles. The van der Waals surface area contributed by atoms with Crippen molar-refractivity contribution >= 4 is 17.4 Å². The summed E-state index contributed by atoms with van der Waals surface area (Å²) >= 11 is 0. The van der Waals surface area contributed by atoms with E-state index in [9.17, 15) is 9.59 Å². The highest BCUT2D eigenvalue weighted by atomic mass is 16.2. The first kappa shape index (κ1) is 20.2. The maximum absolute atomic E-state index is 12.7. The Kier molecular flexibility index (Phi) is 7.17. The molecular formula is C22H27N3O2. The number of H-pyrrole nitrogens is 1. The van der Waals surface area contributed by atoms with E-state index in [0.29, 0.717) is 17.8 Å². The molecule has 0 atom stereocenters. The number of aromatic nitrogens is 1. The second-order valence-electron chi connectivity index (χ2n) is 6.63. The van der Waals surface area contributed by atoms with E-state index in [0.717, 1.165) is 11.1 Å². The van der Waals surface area contributed by atoms with Crippen molar-refractivity contribution in [3.8, 4) is 0 Å². The van der Waals surface area contributed by atoms with Crippen LogP contribution in [-0.4, -0.2) is 34.3 Å². The molecule has 5 heteroatoms. The van der Waals surface area contributed by atoms with Crippen LogP contribution in [0.4, 0.5) is 0 Å². The van der Waals surface area contributed by atoms with Crippen molar-refractivity contribution in [1.29, 1.82) is 0 Å². The van der Waals surface area contributed by atoms with Gasteiger partial charge in [0.15, 0.2) is 0 Å². The fourth-order valence-corrected chi connectivity index (χ4v) is 2.59. The lowest BCUT2D eigenvalue weighted by Crippen LogP contribution is -2.30. The minimum Gasteiger partial charge on any atom is -0.357 e. The molecule has 5 nitrogen and oxygen atoms in total. The van der Waals surface area contributed by atoms with Crippen LogP contribution >= 0.6 is 0 Å². The number of nitrogens with one attached hydrogen (secondary N) is 2. The van der Waals surface area contributed by atoms with Crippen LogP contribution < -0.4 is 5.32 Å². The van der Waals surface area contributed by atoms with Gasteiger partial charge in [-0.15, -0.1) is 0 Å². The average molecular weight is 365 g/mol. The summed E-state index contributed by atoms with van der Waals surface area (Å²) < 4.78 is 0. The summed E-state index contributed by atoms with van der Waals surface area (Å²) in [5.41, 5.74) is 2.94. The van der Waals surface area contributed by atoms with Crippen LogP contribution in [0.15, 0.2) is 60.9 Å². The predicted octanol–water partition coefficient (Wildman–Crippen LogP) is 4.23. The molecule has 2 N–H and O–H groups in total. The Morgan fingerprint density at radius 3 is 2.56 bits per heavy atom. The molecule has 2 aromatic rings. The van der Waals surface area contributed by atoms with Crippen molar-refractivity contribution < 1.29 is 9.59 Å². The number of nitrogens with zero attached hydrogens (tertiary/aromatic N) is 1. The smallest absolute Gasteiger partial charge is 0.274 e. The van der Waals surface area contributed by atoms with E-state index in [4.69, 9.17) is 0 Å². The second-order valence-corrected chi connectivity index (χ2v) is 6.63. The minimum atomic E-state index is -0.105. The molecule has 0 aliphatic heterocycles. The topological polar surface area (TPSA) is 65.2 Å². The molecule has 27 heavy (non-hydrogen) atoms. The molecule has 1 aromatic carbocycles. The highest BCUT2D eigenvalue weighted by Gasteiger charge is 2.14. The molecule has 0 spiro atoms. The molecular weight excluding hydrogens is 338 g/mol. The number of hydrogen-bond donors (Lipinski definition) is 2. The number of benzene rings is 1. The Morgan fingerprint density at radius 2 is 1.93 bits per heavy atom. The van der Waals surface area contributed by atoms with Gasteiger partial charge in [0.1, 0.15) is 5.69 Å². The van der Waals surface area contributed by atoms with E-state index < -0.39 is 0 Å². The molecule has 2 amide bonds. The number of allylic oxidation sites excluding steroid dienone is 2. The van der Waals surface area contributed by atoms with Crippen molar-refractivity contribution in [1.82, 2.24) is 15.2 Å². The largest absolute Gasteiger partial charge is 0.357 e.